The van der Waals surface area contributed by atoms with Gasteiger partial charge in [0.05, 0.1) is 5.69 Å². The van der Waals surface area contributed by atoms with E-state index >= 15 is 0 Å². The summed E-state index contributed by atoms with van der Waals surface area (Å²) in [5, 5.41) is 8.79. The standard InChI is InChI=1S/C9H10N2O5/c1-4-7(8(14)15)10-9(16-6(3)13)11(4)5(2)12/h1-3H3,(H,14,15). The van der Waals surface area contributed by atoms with Crippen LogP contribution in [0.1, 0.15) is 34.8 Å². The number of carbonyl (C=O) groups is 3. The van der Waals surface area contributed by atoms with E-state index < -0.39 is 17.8 Å². The molecule has 7 nitrogen and oxygen atoms in total. The Balaban J connectivity index is 3.36. The fraction of sp³-hybridized carbons (Fsp3) is 0.333. The van der Waals surface area contributed by atoms with E-state index in [1.807, 2.05) is 0 Å². The maximum atomic E-state index is 11.2. The molecule has 0 fully saturated rings. The number of carboxylic acids is 1. The first-order chi connectivity index (χ1) is 7.34. The number of nitrogens with zero attached hydrogens (tertiary/aromatic N) is 2. The van der Waals surface area contributed by atoms with Crippen molar-refractivity contribution in [2.75, 3.05) is 0 Å². The van der Waals surface area contributed by atoms with E-state index in [1.165, 1.54) is 13.8 Å². The molecule has 0 radical (unpaired) electrons. The lowest BCUT2D eigenvalue weighted by Crippen LogP contribution is -2.13. The lowest BCUT2D eigenvalue weighted by Gasteiger charge is -2.03. The number of carboxylic acid groups (broad SMARTS) is 1. The van der Waals surface area contributed by atoms with Crippen LogP contribution in [-0.4, -0.2) is 32.5 Å². The SMILES string of the molecule is CC(=O)Oc1nc(C(=O)O)c(C)n1C(C)=O. The van der Waals surface area contributed by atoms with Gasteiger partial charge in [0.2, 0.25) is 5.91 Å². The fourth-order valence-electron chi connectivity index (χ4n) is 1.25. The first-order valence-electron chi connectivity index (χ1n) is 4.36. The molecule has 0 aliphatic heterocycles. The summed E-state index contributed by atoms with van der Waals surface area (Å²) in [4.78, 5) is 36.3. The molecule has 0 aliphatic carbocycles. The third-order valence-electron chi connectivity index (χ3n) is 1.83. The molecular weight excluding hydrogens is 216 g/mol. The van der Waals surface area contributed by atoms with Crippen LogP contribution < -0.4 is 4.74 Å². The molecule has 86 valence electrons. The van der Waals surface area contributed by atoms with Gasteiger partial charge < -0.3 is 9.84 Å². The zero-order valence-corrected chi connectivity index (χ0v) is 8.97. The minimum Gasteiger partial charge on any atom is -0.476 e. The molecular formula is C9H10N2O5. The third kappa shape index (κ3) is 2.08. The molecule has 16 heavy (non-hydrogen) atoms. The predicted octanol–water partition coefficient (Wildman–Crippen LogP) is 0.475. The van der Waals surface area contributed by atoms with Crippen molar-refractivity contribution >= 4 is 17.8 Å². The summed E-state index contributed by atoms with van der Waals surface area (Å²) in [7, 11) is 0. The van der Waals surface area contributed by atoms with Crippen LogP contribution in [0.3, 0.4) is 0 Å². The molecule has 7 heteroatoms. The topological polar surface area (TPSA) is 98.5 Å². The van der Waals surface area contributed by atoms with E-state index in [0.717, 1.165) is 11.5 Å². The Morgan fingerprint density at radius 3 is 2.25 bits per heavy atom. The molecule has 0 spiro atoms. The number of hydrogen-bond acceptors (Lipinski definition) is 5. The van der Waals surface area contributed by atoms with Gasteiger partial charge in [-0.25, -0.2) is 9.36 Å². The highest BCUT2D eigenvalue weighted by Gasteiger charge is 2.22. The van der Waals surface area contributed by atoms with Gasteiger partial charge in [0.15, 0.2) is 5.69 Å². The van der Waals surface area contributed by atoms with Gasteiger partial charge in [0, 0.05) is 13.8 Å². The maximum Gasteiger partial charge on any atom is 0.356 e. The van der Waals surface area contributed by atoms with Gasteiger partial charge in [0.1, 0.15) is 0 Å². The van der Waals surface area contributed by atoms with Crippen molar-refractivity contribution in [1.82, 2.24) is 9.55 Å². The molecule has 0 aliphatic rings. The van der Waals surface area contributed by atoms with Crippen molar-refractivity contribution in [2.45, 2.75) is 20.8 Å². The number of hydrogen-bond donors (Lipinski definition) is 1. The van der Waals surface area contributed by atoms with E-state index in [4.69, 9.17) is 5.11 Å². The highest BCUT2D eigenvalue weighted by atomic mass is 16.5. The minimum atomic E-state index is -1.29. The first-order valence-corrected chi connectivity index (χ1v) is 4.36. The summed E-state index contributed by atoms with van der Waals surface area (Å²) in [6.45, 7) is 3.76. The van der Waals surface area contributed by atoms with Crippen molar-refractivity contribution < 1.29 is 24.2 Å². The molecule has 0 bridgehead atoms. The molecule has 0 saturated carbocycles. The van der Waals surface area contributed by atoms with Crippen LogP contribution in [0.25, 0.3) is 0 Å². The molecule has 0 amide bonds. The Morgan fingerprint density at radius 2 is 1.88 bits per heavy atom. The molecule has 0 aromatic carbocycles. The summed E-state index contributed by atoms with van der Waals surface area (Å²) in [5.74, 6) is -2.44. The lowest BCUT2D eigenvalue weighted by atomic mass is 10.3. The van der Waals surface area contributed by atoms with Crippen molar-refractivity contribution in [3.63, 3.8) is 0 Å². The van der Waals surface area contributed by atoms with Crippen molar-refractivity contribution in [1.29, 1.82) is 0 Å². The monoisotopic (exact) mass is 226 g/mol. The third-order valence-corrected chi connectivity index (χ3v) is 1.83. The average molecular weight is 226 g/mol. The largest absolute Gasteiger partial charge is 0.476 e. The van der Waals surface area contributed by atoms with E-state index in [1.54, 1.807) is 0 Å². The number of ether oxygens (including phenoxy) is 1. The number of rotatable bonds is 2. The van der Waals surface area contributed by atoms with Gasteiger partial charge in [0.25, 0.3) is 0 Å². The number of carbonyl (C=O) groups excluding carboxylic acids is 2. The van der Waals surface area contributed by atoms with E-state index in [9.17, 15) is 14.4 Å². The highest BCUT2D eigenvalue weighted by molar-refractivity contribution is 5.90. The number of aromatic nitrogens is 2. The summed E-state index contributed by atoms with van der Waals surface area (Å²) >= 11 is 0. The Morgan fingerprint density at radius 1 is 1.31 bits per heavy atom. The highest BCUT2D eigenvalue weighted by Crippen LogP contribution is 2.17. The Bertz CT molecular complexity index is 474. The summed E-state index contributed by atoms with van der Waals surface area (Å²) in [6, 6.07) is -0.324. The molecule has 0 atom stereocenters. The molecule has 1 aromatic heterocycles. The van der Waals surface area contributed by atoms with Crippen LogP contribution in [0.2, 0.25) is 0 Å². The quantitative estimate of drug-likeness (QED) is 0.736. The van der Waals surface area contributed by atoms with Crippen LogP contribution in [0.4, 0.5) is 0 Å². The summed E-state index contributed by atoms with van der Waals surface area (Å²) in [5.41, 5.74) is -0.192. The van der Waals surface area contributed by atoms with Crippen molar-refractivity contribution in [3.05, 3.63) is 11.4 Å². The zero-order chi connectivity index (χ0) is 12.5. The Kier molecular flexibility index (Phi) is 3.07. The van der Waals surface area contributed by atoms with Gasteiger partial charge >= 0.3 is 17.9 Å². The van der Waals surface area contributed by atoms with E-state index in [2.05, 4.69) is 9.72 Å². The molecule has 1 heterocycles. The summed E-state index contributed by atoms with van der Waals surface area (Å²) in [6.07, 6.45) is 0. The zero-order valence-electron chi connectivity index (χ0n) is 8.97. The Hall–Kier alpha value is -2.18. The van der Waals surface area contributed by atoms with E-state index in [0.29, 0.717) is 0 Å². The number of esters is 1. The van der Waals surface area contributed by atoms with Gasteiger partial charge in [-0.05, 0) is 6.92 Å². The normalized spacial score (nSPS) is 9.94. The minimum absolute atomic E-state index is 0.122. The van der Waals surface area contributed by atoms with Crippen LogP contribution >= 0.6 is 0 Å². The summed E-state index contributed by atoms with van der Waals surface area (Å²) < 4.78 is 5.58. The molecule has 0 unspecified atom stereocenters. The van der Waals surface area contributed by atoms with Crippen molar-refractivity contribution in [2.24, 2.45) is 0 Å². The number of imidazole rings is 1. The number of aromatic carboxylic acids is 1. The van der Waals surface area contributed by atoms with Crippen LogP contribution in [0.5, 0.6) is 6.01 Å². The van der Waals surface area contributed by atoms with Crippen LogP contribution in [0, 0.1) is 6.92 Å². The van der Waals surface area contributed by atoms with Crippen LogP contribution in [-0.2, 0) is 4.79 Å². The van der Waals surface area contributed by atoms with Crippen LogP contribution in [0.15, 0.2) is 0 Å². The second-order valence-electron chi connectivity index (χ2n) is 3.08. The smallest absolute Gasteiger partial charge is 0.356 e. The van der Waals surface area contributed by atoms with Gasteiger partial charge in [-0.3, -0.25) is 9.59 Å². The Labute approximate surface area is 90.7 Å². The molecule has 1 rings (SSSR count). The predicted molar refractivity (Wildman–Crippen MR) is 51.5 cm³/mol. The maximum absolute atomic E-state index is 11.2. The van der Waals surface area contributed by atoms with Gasteiger partial charge in [-0.1, -0.05) is 0 Å². The second-order valence-corrected chi connectivity index (χ2v) is 3.08. The molecule has 0 saturated heterocycles. The second kappa shape index (κ2) is 4.13. The molecule has 1 aromatic rings. The van der Waals surface area contributed by atoms with Crippen molar-refractivity contribution in [3.8, 4) is 6.01 Å². The molecule has 1 N–H and O–H groups in total. The average Bonchev–Trinajstić information content (AvgIpc) is 2.41. The lowest BCUT2D eigenvalue weighted by molar-refractivity contribution is -0.132. The van der Waals surface area contributed by atoms with E-state index in [-0.39, 0.29) is 17.4 Å². The van der Waals surface area contributed by atoms with Gasteiger partial charge in [-0.2, -0.15) is 4.98 Å². The first kappa shape index (κ1) is 11.9. The fourth-order valence-corrected chi connectivity index (χ4v) is 1.25. The van der Waals surface area contributed by atoms with Gasteiger partial charge in [-0.15, -0.1) is 0 Å².